The first-order chi connectivity index (χ1) is 16.1. The minimum absolute atomic E-state index is 0.0683. The normalized spacial score (nSPS) is 18.1. The van der Waals surface area contributed by atoms with Crippen LogP contribution in [0, 0.1) is 6.92 Å². The summed E-state index contributed by atoms with van der Waals surface area (Å²) in [6, 6.07) is 11.7. The Morgan fingerprint density at radius 2 is 2.00 bits per heavy atom. The second-order valence-electron chi connectivity index (χ2n) is 8.75. The maximum absolute atomic E-state index is 12.7. The van der Waals surface area contributed by atoms with Crippen LogP contribution in [0.15, 0.2) is 58.3 Å². The standard InChI is InChI=1S/C26H27BrN4O2/c1-17-16-29-26-22(11-13-24(32)33-19-7-3-2-4-8-19)30-25(21-9-5-6-14-28-21)20-15-18(27)10-12-23(20)31(17)26/h5-6,9-10,12,14-16,19,22H,2-4,7-8,11,13H2,1H3. The number of rotatable bonds is 5. The zero-order chi connectivity index (χ0) is 22.8. The predicted molar refractivity (Wildman–Crippen MR) is 131 cm³/mol. The number of halogens is 1. The monoisotopic (exact) mass is 506 g/mol. The molecule has 33 heavy (non-hydrogen) atoms. The Kier molecular flexibility index (Phi) is 6.40. The van der Waals surface area contributed by atoms with Gasteiger partial charge < -0.3 is 4.74 Å². The van der Waals surface area contributed by atoms with E-state index in [0.29, 0.717) is 12.8 Å². The van der Waals surface area contributed by atoms with Gasteiger partial charge in [-0.3, -0.25) is 19.3 Å². The van der Waals surface area contributed by atoms with E-state index in [2.05, 4.69) is 37.6 Å². The van der Waals surface area contributed by atoms with E-state index in [-0.39, 0.29) is 18.1 Å². The minimum Gasteiger partial charge on any atom is -0.462 e. The molecule has 1 aliphatic carbocycles. The summed E-state index contributed by atoms with van der Waals surface area (Å²) in [5.74, 6) is 0.697. The zero-order valence-electron chi connectivity index (χ0n) is 18.7. The molecule has 0 radical (unpaired) electrons. The van der Waals surface area contributed by atoms with E-state index >= 15 is 0 Å². The molecule has 1 saturated carbocycles. The number of aromatic nitrogens is 3. The van der Waals surface area contributed by atoms with Crippen molar-refractivity contribution in [2.45, 2.75) is 64.0 Å². The highest BCUT2D eigenvalue weighted by Gasteiger charge is 2.28. The molecular weight excluding hydrogens is 480 g/mol. The number of esters is 1. The van der Waals surface area contributed by atoms with Crippen LogP contribution in [-0.2, 0) is 9.53 Å². The molecule has 1 aliphatic heterocycles. The van der Waals surface area contributed by atoms with Crippen LogP contribution in [0.1, 0.15) is 73.8 Å². The second kappa shape index (κ2) is 9.59. The highest BCUT2D eigenvalue weighted by Crippen LogP contribution is 2.34. The molecule has 5 rings (SSSR count). The summed E-state index contributed by atoms with van der Waals surface area (Å²) in [6.45, 7) is 2.04. The van der Waals surface area contributed by atoms with Crippen LogP contribution < -0.4 is 0 Å². The maximum atomic E-state index is 12.7. The number of hydrogen-bond donors (Lipinski definition) is 0. The predicted octanol–water partition coefficient (Wildman–Crippen LogP) is 5.89. The number of nitrogens with zero attached hydrogens (tertiary/aromatic N) is 4. The highest BCUT2D eigenvalue weighted by atomic mass is 79.9. The van der Waals surface area contributed by atoms with Crippen LogP contribution in [-0.4, -0.2) is 32.3 Å². The van der Waals surface area contributed by atoms with E-state index in [9.17, 15) is 4.79 Å². The third-order valence-electron chi connectivity index (χ3n) is 6.38. The molecule has 170 valence electrons. The third kappa shape index (κ3) is 4.64. The summed E-state index contributed by atoms with van der Waals surface area (Å²) < 4.78 is 8.88. The van der Waals surface area contributed by atoms with Gasteiger partial charge in [-0.25, -0.2) is 4.98 Å². The molecule has 3 heterocycles. The molecule has 2 aliphatic rings. The van der Waals surface area contributed by atoms with Crippen molar-refractivity contribution in [3.05, 3.63) is 76.0 Å². The summed E-state index contributed by atoms with van der Waals surface area (Å²) >= 11 is 3.62. The van der Waals surface area contributed by atoms with Crippen molar-refractivity contribution in [1.82, 2.24) is 14.5 Å². The van der Waals surface area contributed by atoms with E-state index in [1.807, 2.05) is 37.4 Å². The molecule has 6 nitrogen and oxygen atoms in total. The number of hydrogen-bond acceptors (Lipinski definition) is 5. The topological polar surface area (TPSA) is 69.4 Å². The molecule has 1 aromatic carbocycles. The molecular formula is C26H27BrN4O2. The van der Waals surface area contributed by atoms with E-state index in [1.165, 1.54) is 6.42 Å². The smallest absolute Gasteiger partial charge is 0.306 e. The Bertz CT molecular complexity index is 1180. The van der Waals surface area contributed by atoms with E-state index in [1.54, 1.807) is 6.20 Å². The van der Waals surface area contributed by atoms with Crippen molar-refractivity contribution < 1.29 is 9.53 Å². The first-order valence-corrected chi connectivity index (χ1v) is 12.4. The second-order valence-corrected chi connectivity index (χ2v) is 9.67. The number of carbonyl (C=O) groups excluding carboxylic acids is 1. The summed E-state index contributed by atoms with van der Waals surface area (Å²) in [4.78, 5) is 27.1. The zero-order valence-corrected chi connectivity index (χ0v) is 20.3. The first-order valence-electron chi connectivity index (χ1n) is 11.6. The third-order valence-corrected chi connectivity index (χ3v) is 6.88. The molecule has 0 saturated heterocycles. The summed E-state index contributed by atoms with van der Waals surface area (Å²) in [6.07, 6.45) is 10.0. The lowest BCUT2D eigenvalue weighted by Crippen LogP contribution is -2.21. The van der Waals surface area contributed by atoms with Crippen molar-refractivity contribution in [3.63, 3.8) is 0 Å². The van der Waals surface area contributed by atoms with Gasteiger partial charge in [-0.1, -0.05) is 28.4 Å². The number of ether oxygens (including phenoxy) is 1. The lowest BCUT2D eigenvalue weighted by molar-refractivity contribution is -0.150. The van der Waals surface area contributed by atoms with Crippen molar-refractivity contribution in [2.75, 3.05) is 0 Å². The van der Waals surface area contributed by atoms with E-state index in [0.717, 1.165) is 64.3 Å². The fraction of sp³-hybridized carbons (Fsp3) is 0.385. The van der Waals surface area contributed by atoms with Gasteiger partial charge in [0, 0.05) is 34.5 Å². The van der Waals surface area contributed by atoms with Gasteiger partial charge in [0.1, 0.15) is 18.0 Å². The number of fused-ring (bicyclic) bond motifs is 3. The van der Waals surface area contributed by atoms with Crippen molar-refractivity contribution in [3.8, 4) is 5.69 Å². The lowest BCUT2D eigenvalue weighted by atomic mass is 9.98. The average molecular weight is 507 g/mol. The molecule has 0 bridgehead atoms. The van der Waals surface area contributed by atoms with Crippen LogP contribution in [0.2, 0.25) is 0 Å². The average Bonchev–Trinajstić information content (AvgIpc) is 3.15. The Morgan fingerprint density at radius 3 is 2.79 bits per heavy atom. The minimum atomic E-state index is -0.277. The summed E-state index contributed by atoms with van der Waals surface area (Å²) in [5, 5.41) is 0. The molecule has 2 aromatic heterocycles. The molecule has 1 atom stereocenters. The SMILES string of the molecule is Cc1cnc2n1-c1ccc(Br)cc1C(c1ccccn1)=NC2CCC(=O)OC1CCCCC1. The molecule has 0 amide bonds. The fourth-order valence-electron chi connectivity index (χ4n) is 4.76. The fourth-order valence-corrected chi connectivity index (χ4v) is 5.12. The number of aliphatic imine (C=N–C) groups is 1. The number of carbonyl (C=O) groups is 1. The molecule has 0 spiro atoms. The Labute approximate surface area is 202 Å². The van der Waals surface area contributed by atoms with Crippen LogP contribution in [0.3, 0.4) is 0 Å². The van der Waals surface area contributed by atoms with Gasteiger partial charge in [0.25, 0.3) is 0 Å². The molecule has 3 aromatic rings. The number of aryl methyl sites for hydroxylation is 1. The Hall–Kier alpha value is -2.80. The van der Waals surface area contributed by atoms with Crippen LogP contribution in [0.5, 0.6) is 0 Å². The molecule has 1 unspecified atom stereocenters. The van der Waals surface area contributed by atoms with Crippen LogP contribution >= 0.6 is 15.9 Å². The van der Waals surface area contributed by atoms with Crippen molar-refractivity contribution in [2.24, 2.45) is 4.99 Å². The Morgan fingerprint density at radius 1 is 1.15 bits per heavy atom. The molecule has 1 fully saturated rings. The molecule has 0 N–H and O–H groups in total. The van der Waals surface area contributed by atoms with Gasteiger partial charge >= 0.3 is 5.97 Å². The van der Waals surface area contributed by atoms with Crippen LogP contribution in [0.4, 0.5) is 0 Å². The van der Waals surface area contributed by atoms with Crippen molar-refractivity contribution >= 4 is 27.6 Å². The van der Waals surface area contributed by atoms with E-state index in [4.69, 9.17) is 14.7 Å². The number of imidazole rings is 1. The highest BCUT2D eigenvalue weighted by molar-refractivity contribution is 9.10. The van der Waals surface area contributed by atoms with Gasteiger partial charge in [-0.05, 0) is 69.4 Å². The van der Waals surface area contributed by atoms with Gasteiger partial charge in [0.05, 0.1) is 17.1 Å². The number of benzene rings is 1. The van der Waals surface area contributed by atoms with Gasteiger partial charge in [-0.15, -0.1) is 0 Å². The first kappa shape index (κ1) is 22.0. The quantitative estimate of drug-likeness (QED) is 0.404. The van der Waals surface area contributed by atoms with Crippen LogP contribution in [0.25, 0.3) is 5.69 Å². The maximum Gasteiger partial charge on any atom is 0.306 e. The van der Waals surface area contributed by atoms with Gasteiger partial charge in [0.2, 0.25) is 0 Å². The van der Waals surface area contributed by atoms with Gasteiger partial charge in [-0.2, -0.15) is 0 Å². The largest absolute Gasteiger partial charge is 0.462 e. The van der Waals surface area contributed by atoms with E-state index < -0.39 is 0 Å². The summed E-state index contributed by atoms with van der Waals surface area (Å²) in [7, 11) is 0. The number of pyridine rings is 1. The summed E-state index contributed by atoms with van der Waals surface area (Å²) in [5.41, 5.74) is 4.64. The van der Waals surface area contributed by atoms with Crippen molar-refractivity contribution in [1.29, 1.82) is 0 Å². The molecule has 7 heteroatoms. The lowest BCUT2D eigenvalue weighted by Gasteiger charge is -2.22. The van der Waals surface area contributed by atoms with Gasteiger partial charge in [0.15, 0.2) is 0 Å². The Balaban J connectivity index is 1.50.